The molecule has 1 aliphatic heterocycles. The molecule has 4 unspecified atom stereocenters. The highest BCUT2D eigenvalue weighted by Gasteiger charge is 2.59. The number of imide groups is 1. The summed E-state index contributed by atoms with van der Waals surface area (Å²) in [5, 5.41) is 16.0. The van der Waals surface area contributed by atoms with Crippen molar-refractivity contribution in [3.05, 3.63) is 81.9 Å². The molecule has 2 bridgehead atoms. The van der Waals surface area contributed by atoms with Gasteiger partial charge in [-0.1, -0.05) is 24.3 Å². The second-order valence-corrected chi connectivity index (χ2v) is 7.98. The largest absolute Gasteiger partial charge is 0.488 e. The lowest BCUT2D eigenvalue weighted by atomic mass is 9.85. The summed E-state index contributed by atoms with van der Waals surface area (Å²) in [5.74, 6) is -0.208. The maximum Gasteiger partial charge on any atom is 0.269 e. The number of rotatable bonds is 6. The number of ether oxygens (including phenoxy) is 1. The topological polar surface area (TPSA) is 102 Å². The van der Waals surface area contributed by atoms with Crippen LogP contribution in [-0.2, 0) is 16.2 Å². The first kappa shape index (κ1) is 19.2. The first-order valence-corrected chi connectivity index (χ1v) is 10.1. The van der Waals surface area contributed by atoms with E-state index in [9.17, 15) is 19.7 Å². The number of nitro groups is 1. The van der Waals surface area contributed by atoms with E-state index in [-0.39, 0.29) is 47.8 Å². The van der Waals surface area contributed by atoms with Gasteiger partial charge in [-0.25, -0.2) is 0 Å². The zero-order valence-electron chi connectivity index (χ0n) is 16.5. The van der Waals surface area contributed by atoms with E-state index in [4.69, 9.17) is 4.74 Å². The molecular formula is C23H19N3O5. The van der Waals surface area contributed by atoms with Crippen LogP contribution in [0.15, 0.2) is 65.8 Å². The number of benzene rings is 2. The highest BCUT2D eigenvalue weighted by molar-refractivity contribution is 6.06. The van der Waals surface area contributed by atoms with Crippen molar-refractivity contribution in [3.8, 4) is 5.75 Å². The Balaban J connectivity index is 1.30. The Kier molecular flexibility index (Phi) is 4.62. The van der Waals surface area contributed by atoms with Crippen LogP contribution in [0.5, 0.6) is 5.75 Å². The van der Waals surface area contributed by atoms with E-state index >= 15 is 0 Å². The van der Waals surface area contributed by atoms with Crippen LogP contribution >= 0.6 is 0 Å². The van der Waals surface area contributed by atoms with Gasteiger partial charge in [0.15, 0.2) is 0 Å². The number of non-ortho nitro benzene ring substituents is 1. The van der Waals surface area contributed by atoms with Crippen LogP contribution in [-0.4, -0.2) is 28.0 Å². The molecule has 8 heteroatoms. The number of nitro benzene ring substituents is 1. The molecule has 5 rings (SSSR count). The first-order valence-electron chi connectivity index (χ1n) is 10.1. The van der Waals surface area contributed by atoms with Gasteiger partial charge in [0.1, 0.15) is 12.4 Å². The minimum Gasteiger partial charge on any atom is -0.488 e. The van der Waals surface area contributed by atoms with E-state index in [1.165, 1.54) is 18.3 Å². The molecule has 0 spiro atoms. The maximum absolute atomic E-state index is 12.8. The van der Waals surface area contributed by atoms with Crippen molar-refractivity contribution < 1.29 is 19.2 Å². The van der Waals surface area contributed by atoms with Gasteiger partial charge in [0, 0.05) is 17.7 Å². The summed E-state index contributed by atoms with van der Waals surface area (Å²) in [6.07, 6.45) is 6.44. The number of para-hydroxylation sites is 1. The SMILES string of the molecule is O=C1C2C3C=CC(C3)C2C(=O)N1/N=C/c1ccccc1OCc1ccc([N+](=O)[O-])cc1. The maximum atomic E-state index is 12.8. The summed E-state index contributed by atoms with van der Waals surface area (Å²) >= 11 is 0. The van der Waals surface area contributed by atoms with Crippen molar-refractivity contribution in [1.82, 2.24) is 5.01 Å². The fourth-order valence-corrected chi connectivity index (χ4v) is 4.71. The number of carbonyl (C=O) groups is 2. The van der Waals surface area contributed by atoms with Crippen molar-refractivity contribution in [3.63, 3.8) is 0 Å². The molecule has 2 aromatic carbocycles. The van der Waals surface area contributed by atoms with Gasteiger partial charge >= 0.3 is 0 Å². The predicted molar refractivity (Wildman–Crippen MR) is 111 cm³/mol. The molecule has 3 aliphatic rings. The number of allylic oxidation sites excluding steroid dienone is 2. The van der Waals surface area contributed by atoms with Gasteiger partial charge in [0.05, 0.1) is 23.0 Å². The second-order valence-electron chi connectivity index (χ2n) is 7.98. The van der Waals surface area contributed by atoms with Gasteiger partial charge < -0.3 is 4.74 Å². The van der Waals surface area contributed by atoms with Gasteiger partial charge in [0.25, 0.3) is 17.5 Å². The zero-order valence-corrected chi connectivity index (χ0v) is 16.5. The summed E-state index contributed by atoms with van der Waals surface area (Å²) in [5.41, 5.74) is 1.42. The van der Waals surface area contributed by atoms with Gasteiger partial charge in [0.2, 0.25) is 0 Å². The van der Waals surface area contributed by atoms with Gasteiger partial charge in [-0.3, -0.25) is 19.7 Å². The Hall–Kier alpha value is -3.81. The normalized spacial score (nSPS) is 26.1. The number of hydrogen-bond donors (Lipinski definition) is 0. The standard InChI is InChI=1S/C23H19N3O5/c27-22-20-15-7-8-16(11-15)21(20)23(28)25(22)24-12-17-3-1-2-4-19(17)31-13-14-5-9-18(10-6-14)26(29)30/h1-10,12,15-16,20-21H,11,13H2/b24-12+. The summed E-state index contributed by atoms with van der Waals surface area (Å²) in [7, 11) is 0. The molecule has 156 valence electrons. The molecule has 4 atom stereocenters. The smallest absolute Gasteiger partial charge is 0.269 e. The third-order valence-corrected chi connectivity index (χ3v) is 6.22. The van der Waals surface area contributed by atoms with E-state index in [1.807, 2.05) is 24.3 Å². The molecule has 1 saturated carbocycles. The van der Waals surface area contributed by atoms with Crippen molar-refractivity contribution in [1.29, 1.82) is 0 Å². The van der Waals surface area contributed by atoms with Crippen LogP contribution < -0.4 is 4.74 Å². The van der Waals surface area contributed by atoms with Crippen LogP contribution in [0.2, 0.25) is 0 Å². The molecule has 2 aliphatic carbocycles. The number of hydrazone groups is 1. The van der Waals surface area contributed by atoms with Crippen molar-refractivity contribution >= 4 is 23.7 Å². The number of nitrogens with zero attached hydrogens (tertiary/aromatic N) is 3. The molecule has 0 aromatic heterocycles. The fraction of sp³-hybridized carbons (Fsp3) is 0.261. The third-order valence-electron chi connectivity index (χ3n) is 6.22. The van der Waals surface area contributed by atoms with Crippen molar-refractivity contribution in [2.24, 2.45) is 28.8 Å². The lowest BCUT2D eigenvalue weighted by molar-refractivity contribution is -0.384. The summed E-state index contributed by atoms with van der Waals surface area (Å²) in [4.78, 5) is 35.8. The van der Waals surface area contributed by atoms with Crippen LogP contribution in [0.3, 0.4) is 0 Å². The average molecular weight is 417 g/mol. The number of carbonyl (C=O) groups excluding carboxylic acids is 2. The Morgan fingerprint density at radius 2 is 1.68 bits per heavy atom. The van der Waals surface area contributed by atoms with Crippen molar-refractivity contribution in [2.45, 2.75) is 13.0 Å². The molecule has 1 heterocycles. The minimum absolute atomic E-state index is 0.0182. The monoisotopic (exact) mass is 417 g/mol. The lowest BCUT2D eigenvalue weighted by Gasteiger charge is -2.13. The first-order chi connectivity index (χ1) is 15.0. The zero-order chi connectivity index (χ0) is 21.5. The van der Waals surface area contributed by atoms with E-state index < -0.39 is 4.92 Å². The molecule has 0 N–H and O–H groups in total. The van der Waals surface area contributed by atoms with Crippen molar-refractivity contribution in [2.75, 3.05) is 0 Å². The van der Waals surface area contributed by atoms with Gasteiger partial charge in [-0.15, -0.1) is 0 Å². The summed E-state index contributed by atoms with van der Waals surface area (Å²) in [6.45, 7) is 0.212. The Morgan fingerprint density at radius 1 is 1.03 bits per heavy atom. The molecule has 8 nitrogen and oxygen atoms in total. The Morgan fingerprint density at radius 3 is 2.32 bits per heavy atom. The molecule has 31 heavy (non-hydrogen) atoms. The van der Waals surface area contributed by atoms with E-state index in [2.05, 4.69) is 5.10 Å². The summed E-state index contributed by atoms with van der Waals surface area (Å²) < 4.78 is 5.85. The third kappa shape index (κ3) is 3.30. The fourth-order valence-electron chi connectivity index (χ4n) is 4.71. The summed E-state index contributed by atoms with van der Waals surface area (Å²) in [6, 6.07) is 13.3. The quantitative estimate of drug-likeness (QED) is 0.236. The number of amides is 2. The van der Waals surface area contributed by atoms with E-state index in [0.29, 0.717) is 11.3 Å². The Bertz CT molecular complexity index is 1090. The lowest BCUT2D eigenvalue weighted by Crippen LogP contribution is -2.28. The Labute approximate surface area is 178 Å². The molecule has 0 radical (unpaired) electrons. The number of hydrogen-bond acceptors (Lipinski definition) is 6. The van der Waals surface area contributed by atoms with Gasteiger partial charge in [-0.2, -0.15) is 10.1 Å². The molecule has 2 amide bonds. The second kappa shape index (κ2) is 7.46. The highest BCUT2D eigenvalue weighted by Crippen LogP contribution is 2.52. The molecule has 1 saturated heterocycles. The molecular weight excluding hydrogens is 398 g/mol. The van der Waals surface area contributed by atoms with Crippen LogP contribution in [0.4, 0.5) is 5.69 Å². The predicted octanol–water partition coefficient (Wildman–Crippen LogP) is 3.31. The highest BCUT2D eigenvalue weighted by atomic mass is 16.6. The van der Waals surface area contributed by atoms with Gasteiger partial charge in [-0.05, 0) is 48.1 Å². The van der Waals surface area contributed by atoms with Crippen LogP contribution in [0.25, 0.3) is 0 Å². The average Bonchev–Trinajstić information content (AvgIpc) is 3.46. The molecule has 2 aromatic rings. The van der Waals surface area contributed by atoms with E-state index in [0.717, 1.165) is 17.0 Å². The van der Waals surface area contributed by atoms with E-state index in [1.54, 1.807) is 24.3 Å². The van der Waals surface area contributed by atoms with Crippen LogP contribution in [0.1, 0.15) is 17.5 Å². The molecule has 2 fully saturated rings. The minimum atomic E-state index is -0.451. The van der Waals surface area contributed by atoms with Crippen LogP contribution in [0, 0.1) is 33.8 Å². The number of fused-ring (bicyclic) bond motifs is 5.